The Balaban J connectivity index is 1.27. The van der Waals surface area contributed by atoms with E-state index in [0.717, 1.165) is 41.0 Å². The molecule has 1 aliphatic rings. The van der Waals surface area contributed by atoms with E-state index in [9.17, 15) is 9.90 Å². The lowest BCUT2D eigenvalue weighted by atomic mass is 9.96. The van der Waals surface area contributed by atoms with Gasteiger partial charge in [0, 0.05) is 13.1 Å². The van der Waals surface area contributed by atoms with Crippen LogP contribution >= 0.6 is 0 Å². The van der Waals surface area contributed by atoms with Crippen LogP contribution in [0.25, 0.3) is 11.1 Å². The molecule has 2 unspecified atom stereocenters. The first-order chi connectivity index (χ1) is 16.6. The van der Waals surface area contributed by atoms with Gasteiger partial charge in [-0.3, -0.25) is 0 Å². The third-order valence-electron chi connectivity index (χ3n) is 5.73. The molecule has 1 heterocycles. The summed E-state index contributed by atoms with van der Waals surface area (Å²) in [7, 11) is 0. The molecular weight excluding hydrogens is 430 g/mol. The summed E-state index contributed by atoms with van der Waals surface area (Å²) in [6.07, 6.45) is 1.26. The van der Waals surface area contributed by atoms with Crippen LogP contribution < -0.4 is 14.8 Å². The van der Waals surface area contributed by atoms with Gasteiger partial charge < -0.3 is 24.6 Å². The average molecular weight is 462 g/mol. The molecule has 0 spiro atoms. The van der Waals surface area contributed by atoms with Gasteiger partial charge in [0.25, 0.3) is 0 Å². The van der Waals surface area contributed by atoms with Gasteiger partial charge >= 0.3 is 5.97 Å². The van der Waals surface area contributed by atoms with Crippen LogP contribution in [-0.4, -0.2) is 49.6 Å². The minimum atomic E-state index is -0.594. The molecule has 0 radical (unpaired) electrons. The van der Waals surface area contributed by atoms with Crippen molar-refractivity contribution in [1.82, 2.24) is 5.32 Å². The van der Waals surface area contributed by atoms with Crippen molar-refractivity contribution in [3.63, 3.8) is 0 Å². The summed E-state index contributed by atoms with van der Waals surface area (Å²) >= 11 is 0. The number of aliphatic hydroxyl groups excluding tert-OH is 1. The number of rotatable bonds is 10. The number of hydrogen-bond donors (Lipinski definition) is 2. The Hall–Kier alpha value is -3.35. The van der Waals surface area contributed by atoms with E-state index in [2.05, 4.69) is 11.4 Å². The van der Waals surface area contributed by atoms with Crippen molar-refractivity contribution < 1.29 is 24.1 Å². The van der Waals surface area contributed by atoms with Crippen LogP contribution in [-0.2, 0) is 11.2 Å². The Kier molecular flexibility index (Phi) is 8.17. The van der Waals surface area contributed by atoms with Gasteiger partial charge in [0.15, 0.2) is 0 Å². The molecule has 6 nitrogen and oxygen atoms in total. The molecule has 2 N–H and O–H groups in total. The molecule has 0 saturated heterocycles. The zero-order valence-corrected chi connectivity index (χ0v) is 19.4. The van der Waals surface area contributed by atoms with Crippen LogP contribution in [0.5, 0.6) is 11.5 Å². The van der Waals surface area contributed by atoms with Gasteiger partial charge in [0.1, 0.15) is 30.3 Å². The van der Waals surface area contributed by atoms with E-state index in [4.69, 9.17) is 14.2 Å². The number of aryl methyl sites for hydroxylation is 1. The second kappa shape index (κ2) is 11.7. The lowest BCUT2D eigenvalue weighted by molar-refractivity contribution is 0.0526. The van der Waals surface area contributed by atoms with E-state index in [1.165, 1.54) is 0 Å². The highest BCUT2D eigenvalue weighted by Crippen LogP contribution is 2.32. The maximum absolute atomic E-state index is 12.1. The van der Waals surface area contributed by atoms with Gasteiger partial charge in [-0.25, -0.2) is 4.79 Å². The van der Waals surface area contributed by atoms with Crippen molar-refractivity contribution in [3.05, 3.63) is 83.9 Å². The summed E-state index contributed by atoms with van der Waals surface area (Å²) in [5, 5.41) is 13.5. The fourth-order valence-corrected chi connectivity index (χ4v) is 3.99. The van der Waals surface area contributed by atoms with Gasteiger partial charge in [-0.2, -0.15) is 0 Å². The predicted octanol–water partition coefficient (Wildman–Crippen LogP) is 4.25. The summed E-state index contributed by atoms with van der Waals surface area (Å²) in [6.45, 7) is 3.50. The van der Waals surface area contributed by atoms with Crippen molar-refractivity contribution in [2.24, 2.45) is 0 Å². The number of hydrogen-bond acceptors (Lipinski definition) is 6. The maximum Gasteiger partial charge on any atom is 0.338 e. The fourth-order valence-electron chi connectivity index (χ4n) is 3.99. The Labute approximate surface area is 200 Å². The van der Waals surface area contributed by atoms with Crippen LogP contribution in [0.15, 0.2) is 72.8 Å². The van der Waals surface area contributed by atoms with E-state index < -0.39 is 6.10 Å². The summed E-state index contributed by atoms with van der Waals surface area (Å²) in [6, 6.07) is 23.1. The normalized spacial score (nSPS) is 15.6. The molecule has 2 atom stereocenters. The zero-order valence-electron chi connectivity index (χ0n) is 19.4. The van der Waals surface area contributed by atoms with Crippen LogP contribution in [0.4, 0.5) is 0 Å². The van der Waals surface area contributed by atoms with E-state index in [1.807, 2.05) is 60.7 Å². The molecular formula is C28H31NO5. The summed E-state index contributed by atoms with van der Waals surface area (Å²) in [5.41, 5.74) is 3.73. The Morgan fingerprint density at radius 3 is 2.74 bits per heavy atom. The molecule has 0 fully saturated rings. The quantitative estimate of drug-likeness (QED) is 0.440. The van der Waals surface area contributed by atoms with E-state index in [-0.39, 0.29) is 18.7 Å². The lowest BCUT2D eigenvalue weighted by Gasteiger charge is -2.27. The fraction of sp³-hybridized carbons (Fsp3) is 0.321. The van der Waals surface area contributed by atoms with Gasteiger partial charge in [0.2, 0.25) is 0 Å². The minimum Gasteiger partial charge on any atom is -0.491 e. The number of aliphatic hydroxyl groups is 1. The molecule has 0 aliphatic carbocycles. The topological polar surface area (TPSA) is 77.0 Å². The molecule has 0 amide bonds. The summed E-state index contributed by atoms with van der Waals surface area (Å²) in [5.74, 6) is 1.33. The molecule has 178 valence electrons. The van der Waals surface area contributed by atoms with Gasteiger partial charge in [-0.1, -0.05) is 36.4 Å². The number of carbonyl (C=O) groups is 1. The molecule has 34 heavy (non-hydrogen) atoms. The van der Waals surface area contributed by atoms with Gasteiger partial charge in [0.05, 0.1) is 12.2 Å². The highest BCUT2D eigenvalue weighted by atomic mass is 16.5. The first kappa shape index (κ1) is 23.8. The molecule has 0 saturated carbocycles. The second-order valence-electron chi connectivity index (χ2n) is 8.34. The van der Waals surface area contributed by atoms with Crippen molar-refractivity contribution >= 4 is 5.97 Å². The standard InChI is InChI=1S/C28H31NO5/c1-2-32-28(31)23-8-6-7-20(16-23)21-12-14-27-22(15-21)11-13-26(34-27)18-29-17-24(30)19-33-25-9-4-3-5-10-25/h3-10,12,14-16,24,26,29-30H,2,11,13,17-19H2,1H3. The Bertz CT molecular complexity index is 1090. The van der Waals surface area contributed by atoms with Crippen molar-refractivity contribution in [2.45, 2.75) is 32.0 Å². The van der Waals surface area contributed by atoms with Crippen molar-refractivity contribution in [2.75, 3.05) is 26.3 Å². The smallest absolute Gasteiger partial charge is 0.338 e. The van der Waals surface area contributed by atoms with Crippen molar-refractivity contribution in [3.8, 4) is 22.6 Å². The van der Waals surface area contributed by atoms with E-state index in [1.54, 1.807) is 13.0 Å². The second-order valence-corrected chi connectivity index (χ2v) is 8.34. The number of nitrogens with one attached hydrogen (secondary N) is 1. The number of carbonyl (C=O) groups excluding carboxylic acids is 1. The molecule has 1 aliphatic heterocycles. The Morgan fingerprint density at radius 1 is 1.09 bits per heavy atom. The first-order valence-electron chi connectivity index (χ1n) is 11.8. The highest BCUT2D eigenvalue weighted by Gasteiger charge is 2.20. The monoisotopic (exact) mass is 461 g/mol. The van der Waals surface area contributed by atoms with Crippen LogP contribution in [0, 0.1) is 0 Å². The largest absolute Gasteiger partial charge is 0.491 e. The SMILES string of the molecule is CCOC(=O)c1cccc(-c2ccc3c(c2)CCC(CNCC(O)COc2ccccc2)O3)c1. The number of ether oxygens (including phenoxy) is 3. The first-order valence-corrected chi connectivity index (χ1v) is 11.8. The third-order valence-corrected chi connectivity index (χ3v) is 5.73. The van der Waals surface area contributed by atoms with Crippen molar-refractivity contribution in [1.29, 1.82) is 0 Å². The lowest BCUT2D eigenvalue weighted by Crippen LogP contribution is -2.39. The van der Waals surface area contributed by atoms with Crippen LogP contribution in [0.3, 0.4) is 0 Å². The average Bonchev–Trinajstić information content (AvgIpc) is 2.88. The van der Waals surface area contributed by atoms with Gasteiger partial charge in [-0.15, -0.1) is 0 Å². The minimum absolute atomic E-state index is 0.0488. The summed E-state index contributed by atoms with van der Waals surface area (Å²) in [4.78, 5) is 12.1. The molecule has 4 rings (SSSR count). The number of esters is 1. The maximum atomic E-state index is 12.1. The van der Waals surface area contributed by atoms with E-state index in [0.29, 0.717) is 25.3 Å². The third kappa shape index (κ3) is 6.37. The molecule has 3 aromatic carbocycles. The number of para-hydroxylation sites is 1. The Morgan fingerprint density at radius 2 is 1.91 bits per heavy atom. The zero-order chi connectivity index (χ0) is 23.8. The van der Waals surface area contributed by atoms with E-state index >= 15 is 0 Å². The van der Waals surface area contributed by atoms with Crippen LogP contribution in [0.1, 0.15) is 29.3 Å². The molecule has 6 heteroatoms. The molecule has 0 bridgehead atoms. The highest BCUT2D eigenvalue weighted by molar-refractivity contribution is 5.91. The number of fused-ring (bicyclic) bond motifs is 1. The number of benzene rings is 3. The van der Waals surface area contributed by atoms with Crippen LogP contribution in [0.2, 0.25) is 0 Å². The van der Waals surface area contributed by atoms with Gasteiger partial charge in [-0.05, 0) is 72.9 Å². The molecule has 3 aromatic rings. The summed E-state index contributed by atoms with van der Waals surface area (Å²) < 4.78 is 16.9. The predicted molar refractivity (Wildman–Crippen MR) is 131 cm³/mol. The molecule has 0 aromatic heterocycles.